The smallest absolute Gasteiger partial charge is 0.156 e. The van der Waals surface area contributed by atoms with Crippen LogP contribution in [0.2, 0.25) is 15.1 Å². The fraction of sp³-hybridized carbons (Fsp3) is 0. The van der Waals surface area contributed by atoms with Crippen molar-refractivity contribution < 1.29 is 0 Å². The van der Waals surface area contributed by atoms with Crippen molar-refractivity contribution in [1.29, 1.82) is 0 Å². The molecule has 0 aliphatic carbocycles. The maximum absolute atomic E-state index is 6.18. The summed E-state index contributed by atoms with van der Waals surface area (Å²) in [6, 6.07) is 9.00. The van der Waals surface area contributed by atoms with Crippen molar-refractivity contribution in [1.82, 2.24) is 4.98 Å². The molecule has 0 unspecified atom stereocenters. The van der Waals surface area contributed by atoms with Crippen molar-refractivity contribution in [2.75, 3.05) is 5.73 Å². The number of aromatic nitrogens is 1. The summed E-state index contributed by atoms with van der Waals surface area (Å²) in [6.07, 6.45) is 0. The van der Waals surface area contributed by atoms with E-state index in [1.165, 1.54) is 23.1 Å². The molecule has 0 radical (unpaired) electrons. The van der Waals surface area contributed by atoms with Gasteiger partial charge in [0, 0.05) is 5.69 Å². The lowest BCUT2D eigenvalue weighted by Crippen LogP contribution is -1.86. The number of thiazole rings is 1. The normalized spacial score (nSPS) is 11.2. The number of nitrogen functional groups attached to an aromatic ring is 1. The van der Waals surface area contributed by atoms with Crippen LogP contribution in [0.5, 0.6) is 0 Å². The number of anilines is 1. The second-order valence-electron chi connectivity index (χ2n) is 3.98. The molecule has 3 rings (SSSR count). The Morgan fingerprint density at radius 2 is 1.75 bits per heavy atom. The van der Waals surface area contributed by atoms with Crippen molar-refractivity contribution in [3.05, 3.63) is 45.4 Å². The molecule has 0 aliphatic rings. The van der Waals surface area contributed by atoms with E-state index in [1.807, 2.05) is 18.2 Å². The minimum atomic E-state index is 0.519. The topological polar surface area (TPSA) is 38.9 Å². The van der Waals surface area contributed by atoms with Crippen LogP contribution in [0.25, 0.3) is 10.2 Å². The van der Waals surface area contributed by atoms with Gasteiger partial charge in [-0.25, -0.2) is 4.98 Å². The Labute approximate surface area is 138 Å². The lowest BCUT2D eigenvalue weighted by Gasteiger charge is -2.05. The van der Waals surface area contributed by atoms with E-state index in [2.05, 4.69) is 4.98 Å². The first-order valence-electron chi connectivity index (χ1n) is 5.52. The minimum Gasteiger partial charge on any atom is -0.399 e. The van der Waals surface area contributed by atoms with Crippen molar-refractivity contribution in [3.63, 3.8) is 0 Å². The third-order valence-electron chi connectivity index (χ3n) is 2.56. The lowest BCUT2D eigenvalue weighted by atomic mass is 10.3. The number of fused-ring (bicyclic) bond motifs is 1. The largest absolute Gasteiger partial charge is 0.399 e. The molecule has 20 heavy (non-hydrogen) atoms. The van der Waals surface area contributed by atoms with Gasteiger partial charge in [0.05, 0.1) is 30.2 Å². The van der Waals surface area contributed by atoms with E-state index in [9.17, 15) is 0 Å². The standard InChI is InChI=1S/C13H7Cl3N2S2/c14-7-2-1-3-10-12(7)20-13(18-10)19-11-8(15)4-6(17)5-9(11)16/h1-5H,17H2. The molecule has 0 bridgehead atoms. The highest BCUT2D eigenvalue weighted by Crippen LogP contribution is 2.43. The van der Waals surface area contributed by atoms with Crippen LogP contribution < -0.4 is 5.73 Å². The molecular formula is C13H7Cl3N2S2. The van der Waals surface area contributed by atoms with E-state index < -0.39 is 0 Å². The molecule has 2 nitrogen and oxygen atoms in total. The van der Waals surface area contributed by atoms with E-state index in [1.54, 1.807) is 12.1 Å². The summed E-state index contributed by atoms with van der Waals surface area (Å²) < 4.78 is 1.79. The van der Waals surface area contributed by atoms with Crippen LogP contribution in [0, 0.1) is 0 Å². The minimum absolute atomic E-state index is 0.519. The monoisotopic (exact) mass is 360 g/mol. The van der Waals surface area contributed by atoms with E-state index in [0.717, 1.165) is 19.5 Å². The number of nitrogens with zero attached hydrogens (tertiary/aromatic N) is 1. The van der Waals surface area contributed by atoms with E-state index >= 15 is 0 Å². The Morgan fingerprint density at radius 3 is 2.40 bits per heavy atom. The van der Waals surface area contributed by atoms with Gasteiger partial charge in [-0.05, 0) is 24.3 Å². The van der Waals surface area contributed by atoms with Gasteiger partial charge in [0.25, 0.3) is 0 Å². The van der Waals surface area contributed by atoms with Crippen LogP contribution in [-0.2, 0) is 0 Å². The highest BCUT2D eigenvalue weighted by Gasteiger charge is 2.13. The molecule has 7 heteroatoms. The Kier molecular flexibility index (Phi) is 4.02. The zero-order valence-electron chi connectivity index (χ0n) is 9.86. The molecule has 0 amide bonds. The molecule has 3 aromatic rings. The highest BCUT2D eigenvalue weighted by atomic mass is 35.5. The number of nitrogens with two attached hydrogens (primary N) is 1. The van der Waals surface area contributed by atoms with Crippen LogP contribution in [0.1, 0.15) is 0 Å². The first-order chi connectivity index (χ1) is 9.54. The molecule has 0 saturated heterocycles. The average molecular weight is 362 g/mol. The second kappa shape index (κ2) is 5.62. The Balaban J connectivity index is 2.04. The van der Waals surface area contributed by atoms with Gasteiger partial charge in [-0.15, -0.1) is 11.3 Å². The maximum atomic E-state index is 6.18. The molecular weight excluding hydrogens is 355 g/mol. The molecule has 2 aromatic carbocycles. The van der Waals surface area contributed by atoms with Gasteiger partial charge in [0.15, 0.2) is 4.34 Å². The third-order valence-corrected chi connectivity index (χ3v) is 6.11. The molecule has 102 valence electrons. The number of benzene rings is 2. The molecule has 0 aliphatic heterocycles. The zero-order valence-corrected chi connectivity index (χ0v) is 13.8. The van der Waals surface area contributed by atoms with Crippen molar-refractivity contribution >= 4 is 73.8 Å². The Bertz CT molecular complexity index is 778. The van der Waals surface area contributed by atoms with Crippen molar-refractivity contribution in [2.45, 2.75) is 9.24 Å². The molecule has 0 spiro atoms. The Hall–Kier alpha value is -0.650. The van der Waals surface area contributed by atoms with Gasteiger partial charge >= 0.3 is 0 Å². The predicted molar refractivity (Wildman–Crippen MR) is 89.6 cm³/mol. The molecule has 2 N–H and O–H groups in total. The van der Waals surface area contributed by atoms with Gasteiger partial charge in [0.2, 0.25) is 0 Å². The SMILES string of the molecule is Nc1cc(Cl)c(Sc2nc3cccc(Cl)c3s2)c(Cl)c1. The molecule has 1 heterocycles. The molecule has 0 saturated carbocycles. The van der Waals surface area contributed by atoms with Crippen molar-refractivity contribution in [2.24, 2.45) is 0 Å². The second-order valence-corrected chi connectivity index (χ2v) is 7.46. The van der Waals surface area contributed by atoms with Gasteiger partial charge < -0.3 is 5.73 Å². The summed E-state index contributed by atoms with van der Waals surface area (Å²) in [5, 5.41) is 1.73. The van der Waals surface area contributed by atoms with Crippen LogP contribution >= 0.6 is 57.9 Å². The zero-order chi connectivity index (χ0) is 14.3. The van der Waals surface area contributed by atoms with E-state index in [0.29, 0.717) is 20.8 Å². The number of rotatable bonds is 2. The fourth-order valence-electron chi connectivity index (χ4n) is 1.70. The number of hydrogen-bond acceptors (Lipinski definition) is 4. The van der Waals surface area contributed by atoms with Crippen LogP contribution in [-0.4, -0.2) is 4.98 Å². The van der Waals surface area contributed by atoms with Crippen LogP contribution in [0.3, 0.4) is 0 Å². The van der Waals surface area contributed by atoms with Crippen LogP contribution in [0.4, 0.5) is 5.69 Å². The molecule has 0 atom stereocenters. The van der Waals surface area contributed by atoms with Gasteiger partial charge in [-0.3, -0.25) is 0 Å². The summed E-state index contributed by atoms with van der Waals surface area (Å²) in [7, 11) is 0. The summed E-state index contributed by atoms with van der Waals surface area (Å²) in [6.45, 7) is 0. The fourth-order valence-corrected chi connectivity index (χ4v) is 4.72. The molecule has 1 aromatic heterocycles. The summed E-state index contributed by atoms with van der Waals surface area (Å²) in [5.41, 5.74) is 7.10. The first kappa shape index (κ1) is 14.3. The van der Waals surface area contributed by atoms with Gasteiger partial charge in [-0.1, -0.05) is 52.6 Å². The van der Waals surface area contributed by atoms with Crippen LogP contribution in [0.15, 0.2) is 39.6 Å². The van der Waals surface area contributed by atoms with Crippen molar-refractivity contribution in [3.8, 4) is 0 Å². The number of hydrogen-bond donors (Lipinski definition) is 1. The number of halogens is 3. The van der Waals surface area contributed by atoms with Gasteiger partial charge in [0.1, 0.15) is 0 Å². The third kappa shape index (κ3) is 2.71. The quantitative estimate of drug-likeness (QED) is 0.570. The van der Waals surface area contributed by atoms with E-state index in [-0.39, 0.29) is 0 Å². The van der Waals surface area contributed by atoms with E-state index in [4.69, 9.17) is 40.5 Å². The summed E-state index contributed by atoms with van der Waals surface area (Å²) >= 11 is 21.4. The predicted octanol–water partition coefficient (Wildman–Crippen LogP) is 5.99. The lowest BCUT2D eigenvalue weighted by molar-refractivity contribution is 1.29. The maximum Gasteiger partial charge on any atom is 0.156 e. The molecule has 0 fully saturated rings. The summed E-state index contributed by atoms with van der Waals surface area (Å²) in [4.78, 5) is 5.27. The van der Waals surface area contributed by atoms with Gasteiger partial charge in [-0.2, -0.15) is 0 Å². The average Bonchev–Trinajstić information content (AvgIpc) is 2.78. The first-order valence-corrected chi connectivity index (χ1v) is 8.28. The highest BCUT2D eigenvalue weighted by molar-refractivity contribution is 8.01. The summed E-state index contributed by atoms with van der Waals surface area (Å²) in [5.74, 6) is 0. The Morgan fingerprint density at radius 1 is 1.05 bits per heavy atom.